The zero-order valence-corrected chi connectivity index (χ0v) is 13.1. The van der Waals surface area contributed by atoms with E-state index < -0.39 is 17.7 Å². The summed E-state index contributed by atoms with van der Waals surface area (Å²) in [6.07, 6.45) is 2.55. The largest absolute Gasteiger partial charge is 0.478 e. The zero-order chi connectivity index (χ0) is 18.1. The van der Waals surface area contributed by atoms with Crippen molar-refractivity contribution in [3.05, 3.63) is 54.3 Å². The van der Waals surface area contributed by atoms with E-state index in [-0.39, 0.29) is 27.9 Å². The highest BCUT2D eigenvalue weighted by Gasteiger charge is 2.18. The minimum absolute atomic E-state index is 0.0256. The molecule has 0 aliphatic heterocycles. The van der Waals surface area contributed by atoms with Gasteiger partial charge in [-0.1, -0.05) is 6.58 Å². The number of amides is 1. The standard InChI is InChI=1S/C17H13FN4O3/c1-8(2)16(23)22-11-4-9(3-10(18)5-11)14-13-12(17(24)25)6-19-15(13)21-7-20-14/h3-7H,1H2,2H3,(H,22,23)(H,24,25)(H,19,20,21). The van der Waals surface area contributed by atoms with Crippen LogP contribution in [-0.2, 0) is 4.79 Å². The summed E-state index contributed by atoms with van der Waals surface area (Å²) in [5.74, 6) is -2.21. The van der Waals surface area contributed by atoms with Gasteiger partial charge in [0.25, 0.3) is 5.91 Å². The van der Waals surface area contributed by atoms with Gasteiger partial charge in [0.1, 0.15) is 17.8 Å². The Morgan fingerprint density at radius 2 is 2.04 bits per heavy atom. The first-order chi connectivity index (χ1) is 11.9. The number of nitrogens with one attached hydrogen (secondary N) is 2. The van der Waals surface area contributed by atoms with Crippen molar-refractivity contribution in [1.82, 2.24) is 15.0 Å². The van der Waals surface area contributed by atoms with Crippen LogP contribution in [0.2, 0.25) is 0 Å². The van der Waals surface area contributed by atoms with E-state index in [0.717, 1.165) is 6.07 Å². The SMILES string of the molecule is C=C(C)C(=O)Nc1cc(F)cc(-c2ncnc3[nH]cc(C(=O)O)c23)c1. The summed E-state index contributed by atoms with van der Waals surface area (Å²) in [7, 11) is 0. The van der Waals surface area contributed by atoms with Crippen LogP contribution in [0.5, 0.6) is 0 Å². The molecule has 0 saturated heterocycles. The summed E-state index contributed by atoms with van der Waals surface area (Å²) in [6.45, 7) is 5.05. The number of halogens is 1. The average molecular weight is 340 g/mol. The van der Waals surface area contributed by atoms with E-state index in [1.54, 1.807) is 0 Å². The Kier molecular flexibility index (Phi) is 4.02. The molecule has 2 heterocycles. The highest BCUT2D eigenvalue weighted by atomic mass is 19.1. The number of rotatable bonds is 4. The first-order valence-electron chi connectivity index (χ1n) is 7.20. The minimum Gasteiger partial charge on any atom is -0.478 e. The third-order valence-corrected chi connectivity index (χ3v) is 3.52. The molecule has 0 unspecified atom stereocenters. The van der Waals surface area contributed by atoms with Gasteiger partial charge in [-0.05, 0) is 25.1 Å². The van der Waals surface area contributed by atoms with E-state index in [1.165, 1.54) is 31.6 Å². The van der Waals surface area contributed by atoms with E-state index in [1.807, 2.05) is 0 Å². The summed E-state index contributed by atoms with van der Waals surface area (Å²) >= 11 is 0. The number of carbonyl (C=O) groups excluding carboxylic acids is 1. The highest BCUT2D eigenvalue weighted by molar-refractivity contribution is 6.08. The number of anilines is 1. The minimum atomic E-state index is -1.16. The van der Waals surface area contributed by atoms with Crippen LogP contribution in [0, 0.1) is 5.82 Å². The third-order valence-electron chi connectivity index (χ3n) is 3.52. The van der Waals surface area contributed by atoms with Crippen molar-refractivity contribution in [2.75, 3.05) is 5.32 Å². The summed E-state index contributed by atoms with van der Waals surface area (Å²) in [5.41, 5.74) is 1.33. The molecule has 1 amide bonds. The molecule has 0 radical (unpaired) electrons. The Bertz CT molecular complexity index is 1030. The molecule has 0 aliphatic carbocycles. The van der Waals surface area contributed by atoms with Gasteiger partial charge in [-0.3, -0.25) is 4.79 Å². The molecule has 126 valence electrons. The van der Waals surface area contributed by atoms with E-state index >= 15 is 0 Å². The summed E-state index contributed by atoms with van der Waals surface area (Å²) < 4.78 is 14.0. The Morgan fingerprint density at radius 3 is 2.72 bits per heavy atom. The lowest BCUT2D eigenvalue weighted by Crippen LogP contribution is -2.12. The number of benzene rings is 1. The summed E-state index contributed by atoms with van der Waals surface area (Å²) in [5, 5.41) is 12.1. The van der Waals surface area contributed by atoms with Crippen LogP contribution in [0.15, 0.2) is 42.9 Å². The first kappa shape index (κ1) is 16.3. The average Bonchev–Trinajstić information content (AvgIpc) is 2.98. The van der Waals surface area contributed by atoms with E-state index in [2.05, 4.69) is 26.8 Å². The van der Waals surface area contributed by atoms with E-state index in [4.69, 9.17) is 0 Å². The van der Waals surface area contributed by atoms with Crippen LogP contribution in [-0.4, -0.2) is 31.9 Å². The molecule has 3 rings (SSSR count). The van der Waals surface area contributed by atoms with Gasteiger partial charge >= 0.3 is 5.97 Å². The smallest absolute Gasteiger partial charge is 0.338 e. The second-order valence-corrected chi connectivity index (χ2v) is 5.42. The maximum Gasteiger partial charge on any atom is 0.338 e. The number of hydrogen-bond acceptors (Lipinski definition) is 4. The number of fused-ring (bicyclic) bond motifs is 1. The van der Waals surface area contributed by atoms with Gasteiger partial charge in [-0.15, -0.1) is 0 Å². The third kappa shape index (κ3) is 3.09. The van der Waals surface area contributed by atoms with E-state index in [9.17, 15) is 19.1 Å². The van der Waals surface area contributed by atoms with Gasteiger partial charge in [0.15, 0.2) is 0 Å². The van der Waals surface area contributed by atoms with Crippen molar-refractivity contribution < 1.29 is 19.1 Å². The predicted molar refractivity (Wildman–Crippen MR) is 89.7 cm³/mol. The second kappa shape index (κ2) is 6.16. The second-order valence-electron chi connectivity index (χ2n) is 5.42. The lowest BCUT2D eigenvalue weighted by Gasteiger charge is -2.09. The van der Waals surface area contributed by atoms with Crippen molar-refractivity contribution >= 4 is 28.6 Å². The van der Waals surface area contributed by atoms with Crippen molar-refractivity contribution in [1.29, 1.82) is 0 Å². The Morgan fingerprint density at radius 1 is 1.28 bits per heavy atom. The molecule has 7 nitrogen and oxygen atoms in total. The number of aromatic amines is 1. The van der Waals surface area contributed by atoms with Gasteiger partial charge in [0, 0.05) is 23.0 Å². The van der Waals surface area contributed by atoms with Crippen LogP contribution in [0.1, 0.15) is 17.3 Å². The van der Waals surface area contributed by atoms with Crippen LogP contribution >= 0.6 is 0 Å². The van der Waals surface area contributed by atoms with Gasteiger partial charge in [0.05, 0.1) is 16.6 Å². The number of aromatic nitrogens is 3. The highest BCUT2D eigenvalue weighted by Crippen LogP contribution is 2.30. The number of carboxylic acids is 1. The van der Waals surface area contributed by atoms with Crippen LogP contribution in [0.4, 0.5) is 10.1 Å². The quantitative estimate of drug-likeness (QED) is 0.633. The number of H-pyrrole nitrogens is 1. The molecular formula is C17H13FN4O3. The fraction of sp³-hybridized carbons (Fsp3) is 0.0588. The lowest BCUT2D eigenvalue weighted by atomic mass is 10.1. The number of nitrogens with zero attached hydrogens (tertiary/aromatic N) is 2. The molecule has 2 aromatic heterocycles. The van der Waals surface area contributed by atoms with Crippen LogP contribution in [0.3, 0.4) is 0 Å². The number of aromatic carboxylic acids is 1. The Balaban J connectivity index is 2.17. The fourth-order valence-electron chi connectivity index (χ4n) is 2.39. The van der Waals surface area contributed by atoms with Gasteiger partial charge < -0.3 is 15.4 Å². The van der Waals surface area contributed by atoms with Crippen molar-refractivity contribution in [2.24, 2.45) is 0 Å². The molecule has 0 aliphatic rings. The molecule has 0 bridgehead atoms. The number of carbonyl (C=O) groups is 2. The van der Waals surface area contributed by atoms with E-state index in [0.29, 0.717) is 11.2 Å². The maximum absolute atomic E-state index is 14.0. The Hall–Kier alpha value is -3.55. The molecule has 0 atom stereocenters. The first-order valence-corrected chi connectivity index (χ1v) is 7.20. The molecule has 3 N–H and O–H groups in total. The van der Waals surface area contributed by atoms with Crippen molar-refractivity contribution in [2.45, 2.75) is 6.92 Å². The van der Waals surface area contributed by atoms with Gasteiger partial charge in [0.2, 0.25) is 0 Å². The molecule has 0 spiro atoms. The molecule has 0 saturated carbocycles. The summed E-state index contributed by atoms with van der Waals surface area (Å²) in [4.78, 5) is 34.0. The fourth-order valence-corrected chi connectivity index (χ4v) is 2.39. The zero-order valence-electron chi connectivity index (χ0n) is 13.1. The molecule has 8 heteroatoms. The maximum atomic E-state index is 14.0. The molecule has 0 fully saturated rings. The number of hydrogen-bond donors (Lipinski definition) is 3. The summed E-state index contributed by atoms with van der Waals surface area (Å²) in [6, 6.07) is 3.86. The topological polar surface area (TPSA) is 108 Å². The predicted octanol–water partition coefficient (Wildman–Crippen LogP) is 2.98. The molecule has 25 heavy (non-hydrogen) atoms. The van der Waals surface area contributed by atoms with Crippen molar-refractivity contribution in [3.8, 4) is 11.3 Å². The van der Waals surface area contributed by atoms with Gasteiger partial charge in [-0.25, -0.2) is 19.2 Å². The molecular weight excluding hydrogens is 327 g/mol. The normalized spacial score (nSPS) is 10.6. The van der Waals surface area contributed by atoms with Crippen molar-refractivity contribution in [3.63, 3.8) is 0 Å². The Labute approximate surface area is 141 Å². The monoisotopic (exact) mass is 340 g/mol. The number of carboxylic acid groups (broad SMARTS) is 1. The van der Waals surface area contributed by atoms with Crippen LogP contribution in [0.25, 0.3) is 22.3 Å². The molecule has 3 aromatic rings. The van der Waals surface area contributed by atoms with Crippen LogP contribution < -0.4 is 5.32 Å². The van der Waals surface area contributed by atoms with Gasteiger partial charge in [-0.2, -0.15) is 0 Å². The molecule has 1 aromatic carbocycles. The lowest BCUT2D eigenvalue weighted by molar-refractivity contribution is -0.112.